The molecule has 0 aliphatic heterocycles. The Bertz CT molecular complexity index is 1370. The Morgan fingerprint density at radius 1 is 0.765 bits per heavy atom. The standard InChI is InChI=1S/C26H23N5O3/c1-18-14-23(32-15-19-6-10-22(11-7-19)33-17-26-28-30-31-29-26)12-13-25(18)34-16-21-9-8-20-4-2-3-5-24(20)27-21/h2-14H,15-17H2,1H3,(H,28,29,30,31). The average Bonchev–Trinajstić information content (AvgIpc) is 3.40. The molecule has 170 valence electrons. The highest BCUT2D eigenvalue weighted by Crippen LogP contribution is 2.25. The summed E-state index contributed by atoms with van der Waals surface area (Å²) < 4.78 is 17.6. The number of nitrogens with one attached hydrogen (secondary N) is 1. The summed E-state index contributed by atoms with van der Waals surface area (Å²) in [7, 11) is 0. The Hall–Kier alpha value is -4.46. The van der Waals surface area contributed by atoms with Gasteiger partial charge in [-0.1, -0.05) is 41.6 Å². The Labute approximate surface area is 196 Å². The molecule has 5 aromatic rings. The maximum absolute atomic E-state index is 6.01. The van der Waals surface area contributed by atoms with E-state index in [9.17, 15) is 0 Å². The normalized spacial score (nSPS) is 10.9. The van der Waals surface area contributed by atoms with Crippen LogP contribution in [0, 0.1) is 6.92 Å². The van der Waals surface area contributed by atoms with Gasteiger partial charge in [-0.25, -0.2) is 4.98 Å². The van der Waals surface area contributed by atoms with Gasteiger partial charge in [-0.2, -0.15) is 5.21 Å². The van der Waals surface area contributed by atoms with E-state index < -0.39 is 0 Å². The number of aromatic nitrogens is 5. The van der Waals surface area contributed by atoms with Gasteiger partial charge in [0.15, 0.2) is 6.61 Å². The minimum atomic E-state index is 0.261. The largest absolute Gasteiger partial charge is 0.489 e. The van der Waals surface area contributed by atoms with Crippen molar-refractivity contribution in [2.75, 3.05) is 0 Å². The van der Waals surface area contributed by atoms with Crippen molar-refractivity contribution in [1.82, 2.24) is 25.6 Å². The Morgan fingerprint density at radius 3 is 2.41 bits per heavy atom. The highest BCUT2D eigenvalue weighted by molar-refractivity contribution is 5.78. The zero-order valence-corrected chi connectivity index (χ0v) is 18.6. The molecular formula is C26H23N5O3. The Morgan fingerprint density at radius 2 is 1.59 bits per heavy atom. The van der Waals surface area contributed by atoms with Crippen LogP contribution < -0.4 is 14.2 Å². The van der Waals surface area contributed by atoms with E-state index in [-0.39, 0.29) is 6.61 Å². The molecule has 1 N–H and O–H groups in total. The first-order valence-corrected chi connectivity index (χ1v) is 10.9. The van der Waals surface area contributed by atoms with Crippen molar-refractivity contribution in [2.24, 2.45) is 0 Å². The average molecular weight is 454 g/mol. The molecule has 0 radical (unpaired) electrons. The van der Waals surface area contributed by atoms with Crippen LogP contribution in [0.15, 0.2) is 78.9 Å². The van der Waals surface area contributed by atoms with Gasteiger partial charge < -0.3 is 14.2 Å². The van der Waals surface area contributed by atoms with Crippen molar-refractivity contribution in [3.8, 4) is 17.2 Å². The summed E-state index contributed by atoms with van der Waals surface area (Å²) in [4.78, 5) is 4.66. The highest BCUT2D eigenvalue weighted by Gasteiger charge is 2.06. The number of pyridine rings is 1. The quantitative estimate of drug-likeness (QED) is 0.343. The Kier molecular flexibility index (Phi) is 6.29. The zero-order chi connectivity index (χ0) is 23.2. The van der Waals surface area contributed by atoms with Crippen LogP contribution in [-0.4, -0.2) is 25.6 Å². The predicted octanol–water partition coefficient (Wildman–Crippen LogP) is 4.79. The van der Waals surface area contributed by atoms with Crippen LogP contribution in [-0.2, 0) is 19.8 Å². The zero-order valence-electron chi connectivity index (χ0n) is 18.6. The van der Waals surface area contributed by atoms with Gasteiger partial charge in [0.2, 0.25) is 5.82 Å². The summed E-state index contributed by atoms with van der Waals surface area (Å²) in [5.41, 5.74) is 3.90. The summed E-state index contributed by atoms with van der Waals surface area (Å²) in [6.45, 7) is 3.13. The molecule has 0 saturated heterocycles. The second-order valence-corrected chi connectivity index (χ2v) is 7.76. The maximum Gasteiger partial charge on any atom is 0.211 e. The van der Waals surface area contributed by atoms with Crippen molar-refractivity contribution in [3.05, 3.63) is 102 Å². The van der Waals surface area contributed by atoms with E-state index in [1.54, 1.807) is 0 Å². The molecule has 0 atom stereocenters. The van der Waals surface area contributed by atoms with Crippen LogP contribution in [0.25, 0.3) is 10.9 Å². The molecule has 3 aromatic carbocycles. The predicted molar refractivity (Wildman–Crippen MR) is 127 cm³/mol. The lowest BCUT2D eigenvalue weighted by Gasteiger charge is -2.12. The first kappa shape index (κ1) is 21.4. The van der Waals surface area contributed by atoms with E-state index in [4.69, 9.17) is 14.2 Å². The molecule has 0 amide bonds. The summed E-state index contributed by atoms with van der Waals surface area (Å²) in [6.07, 6.45) is 0. The molecular weight excluding hydrogens is 430 g/mol. The van der Waals surface area contributed by atoms with Gasteiger partial charge in [0, 0.05) is 5.39 Å². The van der Waals surface area contributed by atoms with Crippen molar-refractivity contribution in [1.29, 1.82) is 0 Å². The lowest BCUT2D eigenvalue weighted by atomic mass is 10.2. The monoisotopic (exact) mass is 453 g/mol. The number of hydrogen-bond donors (Lipinski definition) is 1. The van der Waals surface area contributed by atoms with Gasteiger partial charge in [0.05, 0.1) is 11.2 Å². The summed E-state index contributed by atoms with van der Waals surface area (Å²) >= 11 is 0. The summed E-state index contributed by atoms with van der Waals surface area (Å²) in [6, 6.07) is 25.7. The lowest BCUT2D eigenvalue weighted by Crippen LogP contribution is -2.01. The van der Waals surface area contributed by atoms with E-state index in [0.717, 1.165) is 45.0 Å². The number of nitrogens with zero attached hydrogens (tertiary/aromatic N) is 4. The number of tetrazole rings is 1. The molecule has 0 spiro atoms. The second kappa shape index (κ2) is 9.99. The molecule has 0 fully saturated rings. The summed E-state index contributed by atoms with van der Waals surface area (Å²) in [5.74, 6) is 2.83. The third-order valence-electron chi connectivity index (χ3n) is 5.26. The molecule has 2 aromatic heterocycles. The van der Waals surface area contributed by atoms with Gasteiger partial charge in [0.25, 0.3) is 0 Å². The fourth-order valence-corrected chi connectivity index (χ4v) is 3.45. The molecule has 0 unspecified atom stereocenters. The first-order valence-electron chi connectivity index (χ1n) is 10.9. The molecule has 0 saturated carbocycles. The number of ether oxygens (including phenoxy) is 3. The van der Waals surface area contributed by atoms with Crippen LogP contribution in [0.1, 0.15) is 22.6 Å². The van der Waals surface area contributed by atoms with E-state index in [0.29, 0.717) is 19.0 Å². The maximum atomic E-state index is 6.01. The fraction of sp³-hybridized carbons (Fsp3) is 0.154. The molecule has 5 rings (SSSR count). The minimum Gasteiger partial charge on any atom is -0.489 e. The molecule has 0 aliphatic carbocycles. The van der Waals surface area contributed by atoms with Crippen molar-refractivity contribution < 1.29 is 14.2 Å². The number of rotatable bonds is 9. The number of H-pyrrole nitrogens is 1. The number of fused-ring (bicyclic) bond motifs is 1. The first-order chi connectivity index (χ1) is 16.7. The van der Waals surface area contributed by atoms with E-state index in [2.05, 4.69) is 37.7 Å². The minimum absolute atomic E-state index is 0.261. The van der Waals surface area contributed by atoms with Crippen LogP contribution in [0.3, 0.4) is 0 Å². The second-order valence-electron chi connectivity index (χ2n) is 7.76. The molecule has 0 bridgehead atoms. The van der Waals surface area contributed by atoms with Crippen LogP contribution >= 0.6 is 0 Å². The van der Waals surface area contributed by atoms with Crippen LogP contribution in [0.4, 0.5) is 0 Å². The SMILES string of the molecule is Cc1cc(OCc2ccc(OCc3nn[nH]n3)cc2)ccc1OCc1ccc2ccccc2n1. The van der Waals surface area contributed by atoms with Gasteiger partial charge in [-0.15, -0.1) is 10.2 Å². The smallest absolute Gasteiger partial charge is 0.211 e. The third-order valence-corrected chi connectivity index (χ3v) is 5.26. The number of aromatic amines is 1. The number of hydrogen-bond acceptors (Lipinski definition) is 7. The number of benzene rings is 3. The molecule has 2 heterocycles. The van der Waals surface area contributed by atoms with Crippen LogP contribution in [0.2, 0.25) is 0 Å². The topological polar surface area (TPSA) is 95.0 Å². The van der Waals surface area contributed by atoms with Crippen molar-refractivity contribution in [3.63, 3.8) is 0 Å². The van der Waals surface area contributed by atoms with Gasteiger partial charge in [-0.05, 0) is 60.5 Å². The van der Waals surface area contributed by atoms with Gasteiger partial charge in [-0.3, -0.25) is 0 Å². The lowest BCUT2D eigenvalue weighted by molar-refractivity contribution is 0.291. The van der Waals surface area contributed by atoms with Crippen molar-refractivity contribution in [2.45, 2.75) is 26.7 Å². The molecule has 8 heteroatoms. The molecule has 34 heavy (non-hydrogen) atoms. The van der Waals surface area contributed by atoms with Gasteiger partial charge in [0.1, 0.15) is 30.5 Å². The van der Waals surface area contributed by atoms with Crippen LogP contribution in [0.5, 0.6) is 17.2 Å². The van der Waals surface area contributed by atoms with Crippen molar-refractivity contribution >= 4 is 10.9 Å². The summed E-state index contributed by atoms with van der Waals surface area (Å²) in [5, 5.41) is 14.7. The fourth-order valence-electron chi connectivity index (χ4n) is 3.45. The Balaban J connectivity index is 1.13. The molecule has 0 aliphatic rings. The highest BCUT2D eigenvalue weighted by atomic mass is 16.5. The van der Waals surface area contributed by atoms with E-state index >= 15 is 0 Å². The van der Waals surface area contributed by atoms with E-state index in [1.807, 2.05) is 73.7 Å². The molecule has 8 nitrogen and oxygen atoms in total. The van der Waals surface area contributed by atoms with E-state index in [1.165, 1.54) is 0 Å². The number of para-hydroxylation sites is 1. The third kappa shape index (κ3) is 5.29. The number of aryl methyl sites for hydroxylation is 1. The van der Waals surface area contributed by atoms with Gasteiger partial charge >= 0.3 is 0 Å².